The van der Waals surface area contributed by atoms with E-state index in [4.69, 9.17) is 34.8 Å². The third-order valence-corrected chi connectivity index (χ3v) is 5.56. The van der Waals surface area contributed by atoms with E-state index in [1.54, 1.807) is 6.07 Å². The van der Waals surface area contributed by atoms with Gasteiger partial charge in [0.25, 0.3) is 0 Å². The van der Waals surface area contributed by atoms with Crippen molar-refractivity contribution >= 4 is 58.2 Å². The molecule has 0 aliphatic heterocycles. The van der Waals surface area contributed by atoms with Crippen LogP contribution in [0.5, 0.6) is 0 Å². The molecule has 0 saturated carbocycles. The number of thioether (sulfide) groups is 1. The van der Waals surface area contributed by atoms with Crippen LogP contribution >= 0.6 is 46.6 Å². The molecule has 1 N–H and O–H groups in total. The van der Waals surface area contributed by atoms with Crippen LogP contribution in [0.25, 0.3) is 0 Å². The van der Waals surface area contributed by atoms with Gasteiger partial charge in [-0.2, -0.15) is 0 Å². The minimum absolute atomic E-state index is 0.145. The predicted molar refractivity (Wildman–Crippen MR) is 101 cm³/mol. The summed E-state index contributed by atoms with van der Waals surface area (Å²) < 4.78 is 0. The molecule has 122 valence electrons. The first kappa shape index (κ1) is 18.5. The number of rotatable bonds is 4. The van der Waals surface area contributed by atoms with E-state index in [-0.39, 0.29) is 11.2 Å². The molecular weight excluding hydrogens is 373 g/mol. The van der Waals surface area contributed by atoms with Crippen molar-refractivity contribution in [3.8, 4) is 0 Å². The summed E-state index contributed by atoms with van der Waals surface area (Å²) in [5, 5.41) is 3.57. The molecule has 2 aromatic carbocycles. The molecule has 1 amide bonds. The molecule has 23 heavy (non-hydrogen) atoms. The molecule has 2 rings (SSSR count). The second-order valence-corrected chi connectivity index (χ2v) is 7.88. The zero-order valence-electron chi connectivity index (χ0n) is 12.9. The number of hydrogen-bond donors (Lipinski definition) is 1. The van der Waals surface area contributed by atoms with Gasteiger partial charge in [-0.3, -0.25) is 4.79 Å². The summed E-state index contributed by atoms with van der Waals surface area (Å²) in [6, 6.07) is 9.22. The highest BCUT2D eigenvalue weighted by Gasteiger charge is 2.17. The van der Waals surface area contributed by atoms with Crippen molar-refractivity contribution in [2.24, 2.45) is 0 Å². The lowest BCUT2D eigenvalue weighted by atomic mass is 10.1. The van der Waals surface area contributed by atoms with Gasteiger partial charge in [-0.05, 0) is 56.2 Å². The molecule has 0 saturated heterocycles. The number of carbonyl (C=O) groups excluding carboxylic acids is 1. The molecule has 0 unspecified atom stereocenters. The van der Waals surface area contributed by atoms with Crippen molar-refractivity contribution in [3.63, 3.8) is 0 Å². The van der Waals surface area contributed by atoms with Crippen molar-refractivity contribution in [3.05, 3.63) is 56.5 Å². The Balaban J connectivity index is 2.08. The van der Waals surface area contributed by atoms with Crippen LogP contribution < -0.4 is 5.32 Å². The van der Waals surface area contributed by atoms with E-state index in [1.165, 1.54) is 29.0 Å². The van der Waals surface area contributed by atoms with Crippen molar-refractivity contribution in [1.82, 2.24) is 0 Å². The van der Waals surface area contributed by atoms with Crippen LogP contribution in [0.1, 0.15) is 18.1 Å². The fourth-order valence-electron chi connectivity index (χ4n) is 1.90. The van der Waals surface area contributed by atoms with E-state index in [2.05, 4.69) is 31.3 Å². The maximum absolute atomic E-state index is 12.4. The van der Waals surface area contributed by atoms with E-state index in [1.807, 2.05) is 13.0 Å². The molecular formula is C17H16Cl3NOS. The average Bonchev–Trinajstić information content (AvgIpc) is 2.48. The summed E-state index contributed by atoms with van der Waals surface area (Å²) in [6.45, 7) is 5.96. The Kier molecular flexibility index (Phi) is 6.26. The van der Waals surface area contributed by atoms with Crippen molar-refractivity contribution in [1.29, 1.82) is 0 Å². The lowest BCUT2D eigenvalue weighted by Crippen LogP contribution is -2.22. The number of anilines is 1. The SMILES string of the molecule is Cc1ccc(S[C@H](C)C(=O)Nc2cc(Cl)c(Cl)cc2Cl)cc1C. The van der Waals surface area contributed by atoms with Crippen LogP contribution in [0, 0.1) is 13.8 Å². The average molecular weight is 389 g/mol. The van der Waals surface area contributed by atoms with E-state index < -0.39 is 0 Å². The second-order valence-electron chi connectivity index (χ2n) is 5.24. The largest absolute Gasteiger partial charge is 0.324 e. The van der Waals surface area contributed by atoms with Crippen LogP contribution in [0.15, 0.2) is 35.2 Å². The van der Waals surface area contributed by atoms with Gasteiger partial charge in [0.2, 0.25) is 5.91 Å². The van der Waals surface area contributed by atoms with Crippen LogP contribution in [-0.4, -0.2) is 11.2 Å². The highest BCUT2D eigenvalue weighted by atomic mass is 35.5. The zero-order chi connectivity index (χ0) is 17.1. The first-order valence-corrected chi connectivity index (χ1v) is 8.98. The summed E-state index contributed by atoms with van der Waals surface area (Å²) in [7, 11) is 0. The van der Waals surface area contributed by atoms with Crippen LogP contribution in [-0.2, 0) is 4.79 Å². The van der Waals surface area contributed by atoms with Gasteiger partial charge in [-0.15, -0.1) is 11.8 Å². The molecule has 0 heterocycles. The Labute approximate surface area is 155 Å². The van der Waals surface area contributed by atoms with Crippen molar-refractivity contribution < 1.29 is 4.79 Å². The minimum Gasteiger partial charge on any atom is -0.324 e. The molecule has 0 aromatic heterocycles. The fraction of sp³-hybridized carbons (Fsp3) is 0.235. The Bertz CT molecular complexity index is 749. The van der Waals surface area contributed by atoms with Gasteiger partial charge in [-0.25, -0.2) is 0 Å². The highest BCUT2D eigenvalue weighted by molar-refractivity contribution is 8.00. The molecule has 0 aliphatic rings. The van der Waals surface area contributed by atoms with Gasteiger partial charge in [-0.1, -0.05) is 40.9 Å². The normalized spacial score (nSPS) is 12.1. The highest BCUT2D eigenvalue weighted by Crippen LogP contribution is 2.33. The summed E-state index contributed by atoms with van der Waals surface area (Å²) in [5.41, 5.74) is 2.89. The number of aryl methyl sites for hydroxylation is 2. The topological polar surface area (TPSA) is 29.1 Å². The van der Waals surface area contributed by atoms with Gasteiger partial charge in [0.05, 0.1) is 26.0 Å². The van der Waals surface area contributed by atoms with Crippen LogP contribution in [0.2, 0.25) is 15.1 Å². The van der Waals surface area contributed by atoms with Crippen LogP contribution in [0.4, 0.5) is 5.69 Å². The quantitative estimate of drug-likeness (QED) is 0.486. The number of benzene rings is 2. The number of amides is 1. The van der Waals surface area contributed by atoms with E-state index >= 15 is 0 Å². The molecule has 1 atom stereocenters. The van der Waals surface area contributed by atoms with Crippen molar-refractivity contribution in [2.45, 2.75) is 30.9 Å². The van der Waals surface area contributed by atoms with Gasteiger partial charge in [0.15, 0.2) is 0 Å². The number of carbonyl (C=O) groups is 1. The Morgan fingerprint density at radius 3 is 2.30 bits per heavy atom. The van der Waals surface area contributed by atoms with E-state index in [0.29, 0.717) is 20.8 Å². The minimum atomic E-state index is -0.275. The van der Waals surface area contributed by atoms with E-state index in [0.717, 1.165) is 4.90 Å². The number of hydrogen-bond acceptors (Lipinski definition) is 2. The smallest absolute Gasteiger partial charge is 0.237 e. The fourth-order valence-corrected chi connectivity index (χ4v) is 3.46. The van der Waals surface area contributed by atoms with E-state index in [9.17, 15) is 4.79 Å². The Morgan fingerprint density at radius 1 is 1.00 bits per heavy atom. The summed E-state index contributed by atoms with van der Waals surface area (Å²) in [4.78, 5) is 13.4. The standard InChI is InChI=1S/C17H16Cl3NOS/c1-9-4-5-12(6-10(9)2)23-11(3)17(22)21-16-8-14(19)13(18)7-15(16)20/h4-8,11H,1-3H3,(H,21,22)/t11-/m1/s1. The summed E-state index contributed by atoms with van der Waals surface area (Å²) >= 11 is 19.4. The van der Waals surface area contributed by atoms with Crippen LogP contribution in [0.3, 0.4) is 0 Å². The Hall–Kier alpha value is -0.870. The summed E-state index contributed by atoms with van der Waals surface area (Å²) in [6.07, 6.45) is 0. The number of halogens is 3. The molecule has 2 nitrogen and oxygen atoms in total. The maximum Gasteiger partial charge on any atom is 0.237 e. The first-order chi connectivity index (χ1) is 10.8. The lowest BCUT2D eigenvalue weighted by molar-refractivity contribution is -0.115. The molecule has 0 aliphatic carbocycles. The molecule has 0 fully saturated rings. The molecule has 6 heteroatoms. The zero-order valence-corrected chi connectivity index (χ0v) is 16.0. The first-order valence-electron chi connectivity index (χ1n) is 6.97. The van der Waals surface area contributed by atoms with Gasteiger partial charge >= 0.3 is 0 Å². The predicted octanol–water partition coefficient (Wildman–Crippen LogP) is 6.38. The number of nitrogens with one attached hydrogen (secondary N) is 1. The maximum atomic E-state index is 12.4. The van der Waals surface area contributed by atoms with Crippen molar-refractivity contribution in [2.75, 3.05) is 5.32 Å². The monoisotopic (exact) mass is 387 g/mol. The molecule has 2 aromatic rings. The summed E-state index contributed by atoms with van der Waals surface area (Å²) in [5.74, 6) is -0.145. The molecule has 0 bridgehead atoms. The third kappa shape index (κ3) is 4.80. The van der Waals surface area contributed by atoms with Gasteiger partial charge in [0.1, 0.15) is 0 Å². The molecule has 0 radical (unpaired) electrons. The lowest BCUT2D eigenvalue weighted by Gasteiger charge is -2.14. The Morgan fingerprint density at radius 2 is 1.65 bits per heavy atom. The van der Waals surface area contributed by atoms with Gasteiger partial charge < -0.3 is 5.32 Å². The van der Waals surface area contributed by atoms with Gasteiger partial charge in [0, 0.05) is 4.90 Å². The second kappa shape index (κ2) is 7.80. The third-order valence-electron chi connectivity index (χ3n) is 3.43. The molecule has 0 spiro atoms.